The van der Waals surface area contributed by atoms with Crippen LogP contribution in [0.15, 0.2) is 53.4 Å². The summed E-state index contributed by atoms with van der Waals surface area (Å²) in [6, 6.07) is 12.2. The van der Waals surface area contributed by atoms with Crippen LogP contribution in [-0.2, 0) is 0 Å². The quantitative estimate of drug-likeness (QED) is 0.639. The molecule has 0 atom stereocenters. The van der Waals surface area contributed by atoms with E-state index in [4.69, 9.17) is 4.63 Å². The van der Waals surface area contributed by atoms with Crippen LogP contribution in [0.5, 0.6) is 0 Å². The summed E-state index contributed by atoms with van der Waals surface area (Å²) in [5.74, 6) is 0.731. The van der Waals surface area contributed by atoms with E-state index in [1.165, 1.54) is 0 Å². The van der Waals surface area contributed by atoms with Gasteiger partial charge in [0.05, 0.1) is 5.56 Å². The SMILES string of the molecule is Cc1nonc1N1CCN(C2CCN(c3cccc(NC(=O)c4cccnc4)c3)CC2)CC1. The van der Waals surface area contributed by atoms with Gasteiger partial charge in [-0.1, -0.05) is 11.2 Å². The van der Waals surface area contributed by atoms with E-state index < -0.39 is 0 Å². The number of carbonyl (C=O) groups excluding carboxylic acids is 1. The lowest BCUT2D eigenvalue weighted by Crippen LogP contribution is -2.53. The zero-order chi connectivity index (χ0) is 22.6. The summed E-state index contributed by atoms with van der Waals surface area (Å²) >= 11 is 0. The molecule has 2 aliphatic rings. The molecule has 0 saturated carbocycles. The summed E-state index contributed by atoms with van der Waals surface area (Å²) in [5.41, 5.74) is 3.36. The lowest BCUT2D eigenvalue weighted by atomic mass is 10.0. The van der Waals surface area contributed by atoms with Crippen LogP contribution in [-0.4, -0.2) is 71.4 Å². The highest BCUT2D eigenvalue weighted by molar-refractivity contribution is 6.04. The van der Waals surface area contributed by atoms with E-state index in [0.717, 1.165) is 75.0 Å². The van der Waals surface area contributed by atoms with Crippen LogP contribution >= 0.6 is 0 Å². The average Bonchev–Trinajstić information content (AvgIpc) is 3.31. The maximum Gasteiger partial charge on any atom is 0.257 e. The number of nitrogens with one attached hydrogen (secondary N) is 1. The van der Waals surface area contributed by atoms with Crippen LogP contribution in [0.2, 0.25) is 0 Å². The number of anilines is 3. The van der Waals surface area contributed by atoms with Gasteiger partial charge in [-0.3, -0.25) is 14.7 Å². The molecule has 0 unspecified atom stereocenters. The minimum Gasteiger partial charge on any atom is -0.371 e. The second kappa shape index (κ2) is 9.58. The topological polar surface area (TPSA) is 90.6 Å². The number of piperazine rings is 1. The van der Waals surface area contributed by atoms with E-state index in [1.807, 2.05) is 19.1 Å². The number of benzene rings is 1. The zero-order valence-corrected chi connectivity index (χ0v) is 18.9. The Hall–Kier alpha value is -3.46. The standard InChI is InChI=1S/C24H29N7O2/c1-18-23(28-33-27-18)31-14-12-30(13-15-31)21-7-10-29(11-8-21)22-6-2-5-20(16-22)26-24(32)19-4-3-9-25-17-19/h2-6,9,16-17,21H,7-8,10-15H2,1H3,(H,26,32). The van der Waals surface area contributed by atoms with E-state index >= 15 is 0 Å². The highest BCUT2D eigenvalue weighted by Crippen LogP contribution is 2.26. The van der Waals surface area contributed by atoms with Gasteiger partial charge in [0.15, 0.2) is 5.82 Å². The third-order valence-electron chi connectivity index (χ3n) is 6.62. The van der Waals surface area contributed by atoms with Gasteiger partial charge in [0.1, 0.15) is 5.69 Å². The highest BCUT2D eigenvalue weighted by Gasteiger charge is 2.29. The van der Waals surface area contributed by atoms with Crippen molar-refractivity contribution in [2.45, 2.75) is 25.8 Å². The van der Waals surface area contributed by atoms with Crippen molar-refractivity contribution in [1.29, 1.82) is 0 Å². The smallest absolute Gasteiger partial charge is 0.257 e. The van der Waals surface area contributed by atoms with Crippen molar-refractivity contribution >= 4 is 23.1 Å². The van der Waals surface area contributed by atoms with Gasteiger partial charge in [-0.2, -0.15) is 0 Å². The zero-order valence-electron chi connectivity index (χ0n) is 18.9. The number of carbonyl (C=O) groups is 1. The molecule has 2 aliphatic heterocycles. The Morgan fingerprint density at radius 3 is 2.52 bits per heavy atom. The van der Waals surface area contributed by atoms with Crippen LogP contribution in [0.3, 0.4) is 0 Å². The van der Waals surface area contributed by atoms with Crippen molar-refractivity contribution in [3.63, 3.8) is 0 Å². The second-order valence-corrected chi connectivity index (χ2v) is 8.66. The Kier molecular flexibility index (Phi) is 6.21. The Morgan fingerprint density at radius 1 is 1.00 bits per heavy atom. The number of hydrogen-bond acceptors (Lipinski definition) is 8. The van der Waals surface area contributed by atoms with E-state index in [0.29, 0.717) is 11.6 Å². The van der Waals surface area contributed by atoms with Crippen molar-refractivity contribution in [2.24, 2.45) is 0 Å². The first-order valence-electron chi connectivity index (χ1n) is 11.5. The fourth-order valence-electron chi connectivity index (χ4n) is 4.78. The molecule has 1 aromatic carbocycles. The van der Waals surface area contributed by atoms with Gasteiger partial charge in [-0.05, 0) is 55.3 Å². The minimum absolute atomic E-state index is 0.144. The average molecular weight is 448 g/mol. The fraction of sp³-hybridized carbons (Fsp3) is 0.417. The Balaban J connectivity index is 1.14. The summed E-state index contributed by atoms with van der Waals surface area (Å²) in [7, 11) is 0. The van der Waals surface area contributed by atoms with Crippen LogP contribution in [0.1, 0.15) is 28.9 Å². The Morgan fingerprint density at radius 2 is 1.82 bits per heavy atom. The molecular weight excluding hydrogens is 418 g/mol. The molecule has 33 heavy (non-hydrogen) atoms. The molecule has 3 aromatic rings. The number of aromatic nitrogens is 3. The van der Waals surface area contributed by atoms with Gasteiger partial charge in [0.25, 0.3) is 5.91 Å². The van der Waals surface area contributed by atoms with Crippen LogP contribution < -0.4 is 15.1 Å². The number of hydrogen-bond donors (Lipinski definition) is 1. The fourth-order valence-corrected chi connectivity index (χ4v) is 4.78. The maximum atomic E-state index is 12.5. The molecule has 1 N–H and O–H groups in total. The Bertz CT molecular complexity index is 1070. The third kappa shape index (κ3) is 4.83. The largest absolute Gasteiger partial charge is 0.371 e. The molecule has 0 radical (unpaired) electrons. The molecule has 2 aromatic heterocycles. The van der Waals surface area contributed by atoms with Gasteiger partial charge in [0.2, 0.25) is 0 Å². The number of nitrogens with zero attached hydrogens (tertiary/aromatic N) is 6. The highest BCUT2D eigenvalue weighted by atomic mass is 16.6. The molecule has 0 spiro atoms. The molecule has 4 heterocycles. The van der Waals surface area contributed by atoms with E-state index in [9.17, 15) is 4.79 Å². The van der Waals surface area contributed by atoms with Crippen LogP contribution in [0.4, 0.5) is 17.2 Å². The van der Waals surface area contributed by atoms with Gasteiger partial charge < -0.3 is 15.1 Å². The summed E-state index contributed by atoms with van der Waals surface area (Å²) in [6.45, 7) is 7.93. The molecule has 9 nitrogen and oxygen atoms in total. The first-order valence-corrected chi connectivity index (χ1v) is 11.5. The summed E-state index contributed by atoms with van der Waals surface area (Å²) in [4.78, 5) is 23.8. The summed E-state index contributed by atoms with van der Waals surface area (Å²) < 4.78 is 4.86. The molecule has 9 heteroatoms. The van der Waals surface area contributed by atoms with Gasteiger partial charge >= 0.3 is 0 Å². The molecule has 0 bridgehead atoms. The van der Waals surface area contributed by atoms with Gasteiger partial charge in [-0.25, -0.2) is 4.63 Å². The third-order valence-corrected chi connectivity index (χ3v) is 6.62. The predicted molar refractivity (Wildman–Crippen MR) is 127 cm³/mol. The molecular formula is C24H29N7O2. The first kappa shape index (κ1) is 21.4. The van der Waals surface area contributed by atoms with Gasteiger partial charge in [0, 0.05) is 69.1 Å². The first-order chi connectivity index (χ1) is 16.2. The number of amides is 1. The molecule has 2 fully saturated rings. The number of aryl methyl sites for hydroxylation is 1. The summed E-state index contributed by atoms with van der Waals surface area (Å²) in [5, 5.41) is 10.9. The molecule has 5 rings (SSSR count). The van der Waals surface area contributed by atoms with E-state index in [-0.39, 0.29) is 5.91 Å². The number of pyridine rings is 1. The maximum absolute atomic E-state index is 12.5. The summed E-state index contributed by atoms with van der Waals surface area (Å²) in [6.07, 6.45) is 5.51. The van der Waals surface area contributed by atoms with Crippen molar-refractivity contribution in [3.05, 3.63) is 60.0 Å². The van der Waals surface area contributed by atoms with Crippen molar-refractivity contribution in [3.8, 4) is 0 Å². The van der Waals surface area contributed by atoms with Crippen LogP contribution in [0.25, 0.3) is 0 Å². The molecule has 2 saturated heterocycles. The predicted octanol–water partition coefficient (Wildman–Crippen LogP) is 2.82. The molecule has 1 amide bonds. The Labute approximate surface area is 193 Å². The second-order valence-electron chi connectivity index (χ2n) is 8.66. The van der Waals surface area contributed by atoms with Crippen molar-refractivity contribution < 1.29 is 9.42 Å². The number of piperidine rings is 1. The van der Waals surface area contributed by atoms with Crippen molar-refractivity contribution in [1.82, 2.24) is 20.2 Å². The lowest BCUT2D eigenvalue weighted by molar-refractivity contribution is 0.102. The van der Waals surface area contributed by atoms with E-state index in [2.05, 4.69) is 47.4 Å². The lowest BCUT2D eigenvalue weighted by Gasteiger charge is -2.43. The normalized spacial score (nSPS) is 17.8. The van der Waals surface area contributed by atoms with E-state index in [1.54, 1.807) is 24.5 Å². The molecule has 172 valence electrons. The minimum atomic E-state index is -0.144. The monoisotopic (exact) mass is 447 g/mol. The van der Waals surface area contributed by atoms with Crippen molar-refractivity contribution in [2.75, 3.05) is 54.4 Å². The van der Waals surface area contributed by atoms with Gasteiger partial charge in [-0.15, -0.1) is 0 Å². The van der Waals surface area contributed by atoms with Crippen LogP contribution in [0, 0.1) is 6.92 Å². The number of rotatable bonds is 5. The molecule has 0 aliphatic carbocycles.